The molecule has 26 heavy (non-hydrogen) atoms. The average molecular weight is 374 g/mol. The van der Waals surface area contributed by atoms with Crippen LogP contribution in [-0.2, 0) is 17.5 Å². The number of aliphatic hydroxyl groups is 1. The Hall–Kier alpha value is -1.67. The summed E-state index contributed by atoms with van der Waals surface area (Å²) in [5.41, 5.74) is -1.71. The SMILES string of the molecule is CC(=O)N1CC[C@]2(O)CCN(Cc3ccc(F)c(C(F)(F)F)c3)C[C@@H]2C1. The topological polar surface area (TPSA) is 43.8 Å². The molecule has 2 aliphatic rings. The molecule has 0 aliphatic carbocycles. The van der Waals surface area contributed by atoms with Gasteiger partial charge in [-0.3, -0.25) is 9.69 Å². The molecule has 0 unspecified atom stereocenters. The quantitative estimate of drug-likeness (QED) is 0.810. The van der Waals surface area contributed by atoms with Gasteiger partial charge in [0.05, 0.1) is 11.2 Å². The molecular formula is C18H22F4N2O2. The highest BCUT2D eigenvalue weighted by atomic mass is 19.4. The van der Waals surface area contributed by atoms with E-state index in [9.17, 15) is 27.5 Å². The molecule has 4 nitrogen and oxygen atoms in total. The van der Waals surface area contributed by atoms with Crippen LogP contribution < -0.4 is 0 Å². The summed E-state index contributed by atoms with van der Waals surface area (Å²) >= 11 is 0. The predicted octanol–water partition coefficient (Wildman–Crippen LogP) is 2.65. The molecule has 2 aliphatic heterocycles. The van der Waals surface area contributed by atoms with E-state index < -0.39 is 23.2 Å². The van der Waals surface area contributed by atoms with Crippen molar-refractivity contribution in [3.05, 3.63) is 35.1 Å². The lowest BCUT2D eigenvalue weighted by atomic mass is 9.75. The number of rotatable bonds is 2. The van der Waals surface area contributed by atoms with Crippen LogP contribution >= 0.6 is 0 Å². The molecule has 2 heterocycles. The molecule has 3 rings (SSSR count). The lowest BCUT2D eigenvalue weighted by Crippen LogP contribution is -2.60. The van der Waals surface area contributed by atoms with E-state index in [4.69, 9.17) is 0 Å². The summed E-state index contributed by atoms with van der Waals surface area (Å²) < 4.78 is 52.1. The van der Waals surface area contributed by atoms with Crippen LogP contribution in [-0.4, -0.2) is 52.6 Å². The Kier molecular flexibility index (Phi) is 5.00. The molecule has 2 fully saturated rings. The Balaban J connectivity index is 1.71. The summed E-state index contributed by atoms with van der Waals surface area (Å²) in [7, 11) is 0. The highest BCUT2D eigenvalue weighted by molar-refractivity contribution is 5.73. The fourth-order valence-electron chi connectivity index (χ4n) is 3.95. The van der Waals surface area contributed by atoms with Crippen molar-refractivity contribution in [1.29, 1.82) is 0 Å². The maximum atomic E-state index is 13.4. The fourth-order valence-corrected chi connectivity index (χ4v) is 3.95. The number of amides is 1. The van der Waals surface area contributed by atoms with Crippen LogP contribution in [0.15, 0.2) is 18.2 Å². The third-order valence-electron chi connectivity index (χ3n) is 5.54. The first kappa shape index (κ1) is 19.1. The first-order valence-corrected chi connectivity index (χ1v) is 8.64. The third kappa shape index (κ3) is 3.86. The number of carbonyl (C=O) groups excluding carboxylic acids is 1. The first-order valence-electron chi connectivity index (χ1n) is 8.64. The van der Waals surface area contributed by atoms with Crippen molar-refractivity contribution in [3.63, 3.8) is 0 Å². The molecule has 1 aromatic carbocycles. The van der Waals surface area contributed by atoms with Crippen molar-refractivity contribution in [2.45, 2.75) is 38.1 Å². The monoisotopic (exact) mass is 374 g/mol. The smallest absolute Gasteiger partial charge is 0.389 e. The number of fused-ring (bicyclic) bond motifs is 1. The number of carbonyl (C=O) groups is 1. The molecule has 2 saturated heterocycles. The zero-order valence-electron chi connectivity index (χ0n) is 14.5. The Morgan fingerprint density at radius 3 is 2.62 bits per heavy atom. The summed E-state index contributed by atoms with van der Waals surface area (Å²) in [6.45, 7) is 3.73. The number of benzene rings is 1. The highest BCUT2D eigenvalue weighted by Crippen LogP contribution is 2.36. The van der Waals surface area contributed by atoms with Gasteiger partial charge in [-0.1, -0.05) is 6.07 Å². The second kappa shape index (κ2) is 6.81. The largest absolute Gasteiger partial charge is 0.419 e. The van der Waals surface area contributed by atoms with Crippen LogP contribution in [0.3, 0.4) is 0 Å². The number of hydrogen-bond acceptors (Lipinski definition) is 3. The Morgan fingerprint density at radius 1 is 1.27 bits per heavy atom. The Morgan fingerprint density at radius 2 is 1.96 bits per heavy atom. The van der Waals surface area contributed by atoms with E-state index in [1.165, 1.54) is 13.0 Å². The molecule has 1 aromatic rings. The average Bonchev–Trinajstić information content (AvgIpc) is 2.55. The normalized spacial score (nSPS) is 27.3. The van der Waals surface area contributed by atoms with Crippen molar-refractivity contribution in [3.8, 4) is 0 Å². The number of hydrogen-bond donors (Lipinski definition) is 1. The van der Waals surface area contributed by atoms with Crippen molar-refractivity contribution < 1.29 is 27.5 Å². The number of alkyl halides is 3. The van der Waals surface area contributed by atoms with Crippen LogP contribution in [0.25, 0.3) is 0 Å². The van der Waals surface area contributed by atoms with Gasteiger partial charge >= 0.3 is 6.18 Å². The molecule has 0 saturated carbocycles. The molecule has 0 aromatic heterocycles. The van der Waals surface area contributed by atoms with E-state index in [-0.39, 0.29) is 18.4 Å². The summed E-state index contributed by atoms with van der Waals surface area (Å²) in [5.74, 6) is -1.47. The Bertz CT molecular complexity index is 694. The molecule has 2 atom stereocenters. The minimum atomic E-state index is -4.73. The van der Waals surface area contributed by atoms with Gasteiger partial charge in [-0.05, 0) is 30.5 Å². The summed E-state index contributed by atoms with van der Waals surface area (Å²) in [5, 5.41) is 10.8. The van der Waals surface area contributed by atoms with Crippen molar-refractivity contribution >= 4 is 5.91 Å². The highest BCUT2D eigenvalue weighted by Gasteiger charge is 2.45. The van der Waals surface area contributed by atoms with Crippen LogP contribution in [0.4, 0.5) is 17.6 Å². The number of halogens is 4. The second-order valence-corrected chi connectivity index (χ2v) is 7.31. The predicted molar refractivity (Wildman–Crippen MR) is 86.6 cm³/mol. The maximum Gasteiger partial charge on any atom is 0.419 e. The molecule has 0 spiro atoms. The summed E-state index contributed by atoms with van der Waals surface area (Å²) in [6, 6.07) is 3.05. The zero-order valence-corrected chi connectivity index (χ0v) is 14.5. The van der Waals surface area contributed by atoms with E-state index in [2.05, 4.69) is 0 Å². The first-order chi connectivity index (χ1) is 12.1. The van der Waals surface area contributed by atoms with Gasteiger partial charge in [0.2, 0.25) is 5.91 Å². The summed E-state index contributed by atoms with van der Waals surface area (Å²) in [4.78, 5) is 15.3. The van der Waals surface area contributed by atoms with E-state index in [1.807, 2.05) is 4.90 Å². The standard InChI is InChI=1S/C18H22F4N2O2/c1-12(25)24-7-5-17(26)4-6-23(10-14(17)11-24)9-13-2-3-16(19)15(8-13)18(20,21)22/h2-3,8,14,26H,4-7,9-11H2,1H3/t14-,17-/m1/s1. The maximum absolute atomic E-state index is 13.4. The number of likely N-dealkylation sites (tertiary alicyclic amines) is 2. The molecule has 8 heteroatoms. The lowest BCUT2D eigenvalue weighted by molar-refractivity contribution is -0.145. The van der Waals surface area contributed by atoms with Gasteiger partial charge in [0.15, 0.2) is 0 Å². The van der Waals surface area contributed by atoms with Crippen LogP contribution in [0, 0.1) is 11.7 Å². The number of nitrogens with zero attached hydrogens (tertiary/aromatic N) is 2. The van der Waals surface area contributed by atoms with Gasteiger partial charge in [-0.15, -0.1) is 0 Å². The van der Waals surface area contributed by atoms with Gasteiger partial charge in [0, 0.05) is 45.6 Å². The molecular weight excluding hydrogens is 352 g/mol. The van der Waals surface area contributed by atoms with Gasteiger partial charge in [0.25, 0.3) is 0 Å². The van der Waals surface area contributed by atoms with E-state index in [0.717, 1.165) is 12.1 Å². The van der Waals surface area contributed by atoms with Crippen LogP contribution in [0.1, 0.15) is 30.9 Å². The lowest BCUT2D eigenvalue weighted by Gasteiger charge is -2.50. The van der Waals surface area contributed by atoms with Crippen molar-refractivity contribution in [1.82, 2.24) is 9.80 Å². The van der Waals surface area contributed by atoms with Gasteiger partial charge in [0.1, 0.15) is 5.82 Å². The van der Waals surface area contributed by atoms with E-state index in [0.29, 0.717) is 44.6 Å². The molecule has 0 bridgehead atoms. The van der Waals surface area contributed by atoms with Gasteiger partial charge in [-0.25, -0.2) is 4.39 Å². The van der Waals surface area contributed by atoms with E-state index >= 15 is 0 Å². The minimum Gasteiger partial charge on any atom is -0.389 e. The molecule has 0 radical (unpaired) electrons. The number of piperidine rings is 2. The molecule has 1 amide bonds. The van der Waals surface area contributed by atoms with E-state index in [1.54, 1.807) is 4.90 Å². The van der Waals surface area contributed by atoms with Gasteiger partial charge in [-0.2, -0.15) is 13.2 Å². The van der Waals surface area contributed by atoms with Gasteiger partial charge < -0.3 is 10.0 Å². The zero-order chi connectivity index (χ0) is 19.1. The Labute approximate surface area is 149 Å². The fraction of sp³-hybridized carbons (Fsp3) is 0.611. The minimum absolute atomic E-state index is 0.0440. The van der Waals surface area contributed by atoms with Crippen molar-refractivity contribution in [2.75, 3.05) is 26.2 Å². The second-order valence-electron chi connectivity index (χ2n) is 7.31. The molecule has 144 valence electrons. The van der Waals surface area contributed by atoms with Crippen LogP contribution in [0.2, 0.25) is 0 Å². The molecule has 1 N–H and O–H groups in total. The third-order valence-corrected chi connectivity index (χ3v) is 5.54. The van der Waals surface area contributed by atoms with Crippen molar-refractivity contribution in [2.24, 2.45) is 5.92 Å². The summed E-state index contributed by atoms with van der Waals surface area (Å²) in [6.07, 6.45) is -3.70. The van der Waals surface area contributed by atoms with Crippen LogP contribution in [0.5, 0.6) is 0 Å².